The molecule has 0 heterocycles. The van der Waals surface area contributed by atoms with Crippen LogP contribution in [0.4, 0.5) is 5.69 Å². The van der Waals surface area contributed by atoms with Gasteiger partial charge in [-0.2, -0.15) is 0 Å². The number of anilines is 1. The molecular weight excluding hydrogens is 225 g/mol. The Kier molecular flexibility index (Phi) is 5.94. The molecule has 0 saturated heterocycles. The maximum atomic E-state index is 11.7. The van der Waals surface area contributed by atoms with E-state index in [0.29, 0.717) is 5.56 Å². The monoisotopic (exact) mass is 237 g/mol. The molecule has 0 aromatic heterocycles. The number of nitrogens with one attached hydrogen (secondary N) is 1. The van der Waals surface area contributed by atoms with Gasteiger partial charge in [-0.05, 0) is 24.3 Å². The second-order valence-corrected chi connectivity index (χ2v) is 3.19. The molecule has 0 aliphatic carbocycles. The molecule has 0 fully saturated rings. The van der Waals surface area contributed by atoms with Crippen LogP contribution in [0, 0.1) is 0 Å². The number of hydrogen-bond donors (Lipinski definition) is 1. The molecular formula is C13H12KNO. The zero-order chi connectivity index (χ0) is 10.5. The fraction of sp³-hybridized carbons (Fsp3) is 0. The average Bonchev–Trinajstić information content (AvgIpc) is 2.31. The Bertz CT molecular complexity index is 442. The third-order valence-electron chi connectivity index (χ3n) is 2.07. The minimum atomic E-state index is -0.0817. The minimum absolute atomic E-state index is 0. The summed E-state index contributed by atoms with van der Waals surface area (Å²) in [7, 11) is 0. The zero-order valence-corrected chi connectivity index (χ0v) is 8.18. The van der Waals surface area contributed by atoms with E-state index in [9.17, 15) is 4.79 Å². The van der Waals surface area contributed by atoms with Crippen molar-refractivity contribution in [1.29, 1.82) is 0 Å². The molecule has 0 aliphatic heterocycles. The number of benzene rings is 2. The zero-order valence-electron chi connectivity index (χ0n) is 8.18. The van der Waals surface area contributed by atoms with E-state index in [-0.39, 0.29) is 57.3 Å². The van der Waals surface area contributed by atoms with Gasteiger partial charge in [-0.15, -0.1) is 0 Å². The summed E-state index contributed by atoms with van der Waals surface area (Å²) >= 11 is 0. The number of hydrogen-bond acceptors (Lipinski definition) is 1. The molecule has 0 radical (unpaired) electrons. The van der Waals surface area contributed by atoms with Gasteiger partial charge >= 0.3 is 51.4 Å². The van der Waals surface area contributed by atoms with E-state index in [2.05, 4.69) is 5.32 Å². The predicted octanol–water partition coefficient (Wildman–Crippen LogP) is 2.29. The molecule has 1 N–H and O–H groups in total. The molecule has 1 amide bonds. The van der Waals surface area contributed by atoms with Gasteiger partial charge in [0.2, 0.25) is 0 Å². The third-order valence-corrected chi connectivity index (χ3v) is 2.07. The van der Waals surface area contributed by atoms with E-state index in [4.69, 9.17) is 0 Å². The van der Waals surface area contributed by atoms with Crippen LogP contribution in [0.15, 0.2) is 60.7 Å². The van der Waals surface area contributed by atoms with Gasteiger partial charge in [-0.25, -0.2) is 0 Å². The Balaban J connectivity index is 0.00000128. The Morgan fingerprint density at radius 2 is 1.31 bits per heavy atom. The number of rotatable bonds is 2. The quantitative estimate of drug-likeness (QED) is 0.798. The molecule has 0 bridgehead atoms. The first-order valence-electron chi connectivity index (χ1n) is 4.78. The van der Waals surface area contributed by atoms with Gasteiger partial charge in [0.25, 0.3) is 5.91 Å². The summed E-state index contributed by atoms with van der Waals surface area (Å²) in [5, 5.41) is 2.82. The average molecular weight is 237 g/mol. The molecule has 0 saturated carbocycles. The summed E-state index contributed by atoms with van der Waals surface area (Å²) in [6.45, 7) is 0. The predicted molar refractivity (Wildman–Crippen MR) is 68.0 cm³/mol. The van der Waals surface area contributed by atoms with Crippen molar-refractivity contribution in [3.63, 3.8) is 0 Å². The van der Waals surface area contributed by atoms with Gasteiger partial charge in [0.15, 0.2) is 0 Å². The Morgan fingerprint density at radius 3 is 1.88 bits per heavy atom. The molecule has 2 rings (SSSR count). The van der Waals surface area contributed by atoms with E-state index in [1.54, 1.807) is 12.1 Å². The number of carbonyl (C=O) groups excluding carboxylic acids is 1. The van der Waals surface area contributed by atoms with Crippen molar-refractivity contribution in [3.8, 4) is 0 Å². The van der Waals surface area contributed by atoms with Crippen LogP contribution < -0.4 is 5.32 Å². The molecule has 0 unspecified atom stereocenters. The van der Waals surface area contributed by atoms with Crippen LogP contribution in [0.2, 0.25) is 0 Å². The van der Waals surface area contributed by atoms with Crippen molar-refractivity contribution >= 4 is 63.0 Å². The van der Waals surface area contributed by atoms with Crippen molar-refractivity contribution < 1.29 is 4.79 Å². The number of amides is 1. The molecule has 3 heteroatoms. The van der Waals surface area contributed by atoms with Gasteiger partial charge < -0.3 is 5.32 Å². The Labute approximate surface area is 137 Å². The van der Waals surface area contributed by atoms with Crippen LogP contribution in [-0.4, -0.2) is 57.3 Å². The van der Waals surface area contributed by atoms with Gasteiger partial charge in [0, 0.05) is 11.3 Å². The second-order valence-electron chi connectivity index (χ2n) is 3.19. The molecule has 2 aromatic rings. The molecule has 16 heavy (non-hydrogen) atoms. The first kappa shape index (κ1) is 13.6. The first-order chi connectivity index (χ1) is 7.36. The Morgan fingerprint density at radius 1 is 0.812 bits per heavy atom. The second kappa shape index (κ2) is 6.99. The summed E-state index contributed by atoms with van der Waals surface area (Å²) in [6.07, 6.45) is 0. The van der Waals surface area contributed by atoms with Crippen molar-refractivity contribution in [3.05, 3.63) is 66.2 Å². The van der Waals surface area contributed by atoms with Crippen molar-refractivity contribution in [2.24, 2.45) is 0 Å². The van der Waals surface area contributed by atoms with Crippen LogP contribution in [0.3, 0.4) is 0 Å². The normalized spacial score (nSPS) is 9.00. The Hall–Kier alpha value is -0.454. The van der Waals surface area contributed by atoms with Crippen LogP contribution in [-0.2, 0) is 0 Å². The fourth-order valence-electron chi connectivity index (χ4n) is 1.31. The summed E-state index contributed by atoms with van der Waals surface area (Å²) in [6, 6.07) is 18.6. The SMILES string of the molecule is O=C(Nc1ccccc1)c1ccccc1.[KH]. The van der Waals surface area contributed by atoms with Crippen molar-refractivity contribution in [2.45, 2.75) is 0 Å². The number of para-hydroxylation sites is 1. The van der Waals surface area contributed by atoms with E-state index in [1.807, 2.05) is 48.5 Å². The van der Waals surface area contributed by atoms with Gasteiger partial charge in [-0.1, -0.05) is 36.4 Å². The standard InChI is InChI=1S/C13H11NO.K.H/c15-13(11-7-3-1-4-8-11)14-12-9-5-2-6-10-12;;/h1-10H,(H,14,15);;. The van der Waals surface area contributed by atoms with Crippen molar-refractivity contribution in [2.75, 3.05) is 5.32 Å². The maximum absolute atomic E-state index is 11.7. The van der Waals surface area contributed by atoms with Gasteiger partial charge in [0.05, 0.1) is 0 Å². The van der Waals surface area contributed by atoms with Crippen LogP contribution >= 0.6 is 0 Å². The van der Waals surface area contributed by atoms with E-state index >= 15 is 0 Å². The van der Waals surface area contributed by atoms with E-state index in [1.165, 1.54) is 0 Å². The first-order valence-corrected chi connectivity index (χ1v) is 4.78. The summed E-state index contributed by atoms with van der Waals surface area (Å²) < 4.78 is 0. The summed E-state index contributed by atoms with van der Waals surface area (Å²) in [4.78, 5) is 11.7. The van der Waals surface area contributed by atoms with Crippen LogP contribution in [0.25, 0.3) is 0 Å². The van der Waals surface area contributed by atoms with Gasteiger partial charge in [-0.3, -0.25) is 4.79 Å². The summed E-state index contributed by atoms with van der Waals surface area (Å²) in [5.41, 5.74) is 1.48. The fourth-order valence-corrected chi connectivity index (χ4v) is 1.31. The summed E-state index contributed by atoms with van der Waals surface area (Å²) in [5.74, 6) is -0.0817. The van der Waals surface area contributed by atoms with Crippen LogP contribution in [0.1, 0.15) is 10.4 Å². The molecule has 76 valence electrons. The number of carbonyl (C=O) groups is 1. The molecule has 0 aliphatic rings. The topological polar surface area (TPSA) is 29.1 Å². The van der Waals surface area contributed by atoms with Crippen molar-refractivity contribution in [1.82, 2.24) is 0 Å². The third kappa shape index (κ3) is 3.85. The molecule has 0 atom stereocenters. The molecule has 0 spiro atoms. The van der Waals surface area contributed by atoms with E-state index in [0.717, 1.165) is 5.69 Å². The van der Waals surface area contributed by atoms with Crippen LogP contribution in [0.5, 0.6) is 0 Å². The molecule has 2 aromatic carbocycles. The van der Waals surface area contributed by atoms with E-state index < -0.39 is 0 Å². The molecule has 2 nitrogen and oxygen atoms in total. The van der Waals surface area contributed by atoms with Gasteiger partial charge in [0.1, 0.15) is 0 Å².